The Morgan fingerprint density at radius 3 is 2.62 bits per heavy atom. The number of para-hydroxylation sites is 1. The maximum absolute atomic E-state index is 12.4. The fraction of sp³-hybridized carbons (Fsp3) is 0.263. The van der Waals surface area contributed by atoms with Gasteiger partial charge in [0.25, 0.3) is 0 Å². The molecular formula is C19H19ClN2O3S. The van der Waals surface area contributed by atoms with Gasteiger partial charge < -0.3 is 10.4 Å². The number of rotatable bonds is 6. The minimum absolute atomic E-state index is 0.139. The third-order valence-electron chi connectivity index (χ3n) is 4.19. The molecule has 0 spiro atoms. The minimum atomic E-state index is -0.794. The van der Waals surface area contributed by atoms with Gasteiger partial charge in [-0.1, -0.05) is 35.5 Å². The number of nitrogens with one attached hydrogen (secondary N) is 1. The summed E-state index contributed by atoms with van der Waals surface area (Å²) >= 11 is 7.47. The van der Waals surface area contributed by atoms with Crippen LogP contribution < -0.4 is 5.32 Å². The van der Waals surface area contributed by atoms with Gasteiger partial charge in [-0.05, 0) is 49.4 Å². The standard InChI is InChI=1S/C19H19ClN2O3S/c20-14-5-7-15(8-6-14)26-17-4-2-1-3-16(17)21-18(23)12-22-10-9-13(11-22)19(24)25/h1-8,13H,9-12H2,(H,21,23)(H,24,25). The van der Waals surface area contributed by atoms with E-state index in [1.807, 2.05) is 53.4 Å². The fourth-order valence-electron chi connectivity index (χ4n) is 2.86. The average Bonchev–Trinajstić information content (AvgIpc) is 3.07. The molecule has 7 heteroatoms. The molecule has 2 aromatic rings. The summed E-state index contributed by atoms with van der Waals surface area (Å²) in [5, 5.41) is 12.7. The van der Waals surface area contributed by atoms with Crippen molar-refractivity contribution in [1.29, 1.82) is 0 Å². The lowest BCUT2D eigenvalue weighted by Gasteiger charge is -2.16. The van der Waals surface area contributed by atoms with Gasteiger partial charge in [-0.3, -0.25) is 14.5 Å². The molecule has 26 heavy (non-hydrogen) atoms. The van der Waals surface area contributed by atoms with Crippen LogP contribution in [0.25, 0.3) is 0 Å². The van der Waals surface area contributed by atoms with Crippen LogP contribution in [0.4, 0.5) is 5.69 Å². The molecule has 5 nitrogen and oxygen atoms in total. The van der Waals surface area contributed by atoms with Crippen LogP contribution in [0.2, 0.25) is 5.02 Å². The van der Waals surface area contributed by atoms with Crippen molar-refractivity contribution in [2.24, 2.45) is 5.92 Å². The lowest BCUT2D eigenvalue weighted by atomic mass is 10.1. The predicted octanol–water partition coefficient (Wildman–Crippen LogP) is 3.84. The van der Waals surface area contributed by atoms with Crippen molar-refractivity contribution in [2.45, 2.75) is 16.2 Å². The van der Waals surface area contributed by atoms with E-state index in [2.05, 4.69) is 5.32 Å². The number of halogens is 1. The van der Waals surface area contributed by atoms with Gasteiger partial charge in [0.1, 0.15) is 0 Å². The van der Waals surface area contributed by atoms with Crippen molar-refractivity contribution in [3.8, 4) is 0 Å². The highest BCUT2D eigenvalue weighted by Crippen LogP contribution is 2.33. The zero-order chi connectivity index (χ0) is 18.5. The molecule has 1 amide bonds. The first-order valence-electron chi connectivity index (χ1n) is 8.29. The smallest absolute Gasteiger partial charge is 0.307 e. The Labute approximate surface area is 161 Å². The van der Waals surface area contributed by atoms with E-state index in [-0.39, 0.29) is 18.4 Å². The molecule has 1 heterocycles. The van der Waals surface area contributed by atoms with Crippen LogP contribution in [0, 0.1) is 5.92 Å². The zero-order valence-corrected chi connectivity index (χ0v) is 15.6. The van der Waals surface area contributed by atoms with Crippen molar-refractivity contribution in [3.63, 3.8) is 0 Å². The van der Waals surface area contributed by atoms with Crippen LogP contribution in [0.3, 0.4) is 0 Å². The maximum Gasteiger partial charge on any atom is 0.307 e. The highest BCUT2D eigenvalue weighted by molar-refractivity contribution is 7.99. The monoisotopic (exact) mass is 390 g/mol. The molecule has 0 saturated carbocycles. The van der Waals surface area contributed by atoms with E-state index < -0.39 is 5.97 Å². The molecular weight excluding hydrogens is 372 g/mol. The van der Waals surface area contributed by atoms with E-state index in [1.54, 1.807) is 11.8 Å². The number of aliphatic carboxylic acids is 1. The number of hydrogen-bond acceptors (Lipinski definition) is 4. The number of nitrogens with zero attached hydrogens (tertiary/aromatic N) is 1. The molecule has 1 fully saturated rings. The summed E-state index contributed by atoms with van der Waals surface area (Å²) in [5.74, 6) is -1.31. The Morgan fingerprint density at radius 2 is 1.92 bits per heavy atom. The summed E-state index contributed by atoms with van der Waals surface area (Å²) in [6, 6.07) is 15.1. The van der Waals surface area contributed by atoms with Crippen molar-refractivity contribution in [1.82, 2.24) is 4.90 Å². The molecule has 0 aliphatic carbocycles. The zero-order valence-electron chi connectivity index (χ0n) is 14.0. The normalized spacial score (nSPS) is 17.2. The third kappa shape index (κ3) is 5.00. The lowest BCUT2D eigenvalue weighted by molar-refractivity contribution is -0.141. The van der Waals surface area contributed by atoms with Crippen LogP contribution in [-0.2, 0) is 9.59 Å². The highest BCUT2D eigenvalue weighted by Gasteiger charge is 2.28. The Kier molecular flexibility index (Phi) is 6.19. The summed E-state index contributed by atoms with van der Waals surface area (Å²) in [5.41, 5.74) is 0.742. The van der Waals surface area contributed by atoms with Gasteiger partial charge in [0.2, 0.25) is 5.91 Å². The van der Waals surface area contributed by atoms with E-state index in [9.17, 15) is 9.59 Å². The van der Waals surface area contributed by atoms with E-state index in [1.165, 1.54) is 0 Å². The van der Waals surface area contributed by atoms with Gasteiger partial charge in [-0.15, -0.1) is 0 Å². The molecule has 1 saturated heterocycles. The molecule has 0 bridgehead atoms. The highest BCUT2D eigenvalue weighted by atomic mass is 35.5. The van der Waals surface area contributed by atoms with Crippen molar-refractivity contribution in [2.75, 3.05) is 25.0 Å². The van der Waals surface area contributed by atoms with Crippen molar-refractivity contribution in [3.05, 3.63) is 53.6 Å². The number of carboxylic acid groups (broad SMARTS) is 1. The number of hydrogen-bond donors (Lipinski definition) is 2. The van der Waals surface area contributed by atoms with Gasteiger partial charge in [0.05, 0.1) is 18.2 Å². The van der Waals surface area contributed by atoms with Crippen LogP contribution in [0.15, 0.2) is 58.3 Å². The maximum atomic E-state index is 12.4. The number of carboxylic acids is 1. The summed E-state index contributed by atoms with van der Waals surface area (Å²) in [4.78, 5) is 27.2. The van der Waals surface area contributed by atoms with Gasteiger partial charge in [0, 0.05) is 21.4 Å². The van der Waals surface area contributed by atoms with E-state index >= 15 is 0 Å². The first-order chi connectivity index (χ1) is 12.5. The van der Waals surface area contributed by atoms with Gasteiger partial charge in [-0.25, -0.2) is 0 Å². The molecule has 2 N–H and O–H groups in total. The number of amides is 1. The van der Waals surface area contributed by atoms with Crippen molar-refractivity contribution >= 4 is 40.9 Å². The van der Waals surface area contributed by atoms with Crippen molar-refractivity contribution < 1.29 is 14.7 Å². The Bertz CT molecular complexity index is 798. The topological polar surface area (TPSA) is 69.6 Å². The first kappa shape index (κ1) is 18.8. The fourth-order valence-corrected chi connectivity index (χ4v) is 3.89. The van der Waals surface area contributed by atoms with E-state index in [0.29, 0.717) is 24.5 Å². The molecule has 1 aliphatic heterocycles. The Balaban J connectivity index is 1.62. The SMILES string of the molecule is O=C(CN1CCC(C(=O)O)C1)Nc1ccccc1Sc1ccc(Cl)cc1. The lowest BCUT2D eigenvalue weighted by Crippen LogP contribution is -2.32. The quantitative estimate of drug-likeness (QED) is 0.784. The number of carbonyl (C=O) groups is 2. The molecule has 0 radical (unpaired) electrons. The van der Waals surface area contributed by atoms with Crippen LogP contribution in [0.5, 0.6) is 0 Å². The van der Waals surface area contributed by atoms with Crippen LogP contribution in [-0.4, -0.2) is 41.5 Å². The second-order valence-corrected chi connectivity index (χ2v) is 7.71. The Hall–Kier alpha value is -2.02. The predicted molar refractivity (Wildman–Crippen MR) is 103 cm³/mol. The molecule has 1 atom stereocenters. The molecule has 3 rings (SSSR count). The second-order valence-electron chi connectivity index (χ2n) is 6.16. The Morgan fingerprint density at radius 1 is 1.19 bits per heavy atom. The first-order valence-corrected chi connectivity index (χ1v) is 9.48. The van der Waals surface area contributed by atoms with Gasteiger partial charge in [-0.2, -0.15) is 0 Å². The largest absolute Gasteiger partial charge is 0.481 e. The molecule has 136 valence electrons. The summed E-state index contributed by atoms with van der Waals surface area (Å²) in [7, 11) is 0. The summed E-state index contributed by atoms with van der Waals surface area (Å²) in [6.45, 7) is 1.25. The van der Waals surface area contributed by atoms with Crippen LogP contribution in [0.1, 0.15) is 6.42 Å². The molecule has 1 aliphatic rings. The van der Waals surface area contributed by atoms with Crippen LogP contribution >= 0.6 is 23.4 Å². The average molecular weight is 391 g/mol. The number of likely N-dealkylation sites (tertiary alicyclic amines) is 1. The summed E-state index contributed by atoms with van der Waals surface area (Å²) in [6.07, 6.45) is 0.589. The molecule has 0 aromatic heterocycles. The summed E-state index contributed by atoms with van der Waals surface area (Å²) < 4.78 is 0. The van der Waals surface area contributed by atoms with Gasteiger partial charge >= 0.3 is 5.97 Å². The number of carbonyl (C=O) groups excluding carboxylic acids is 1. The second kappa shape index (κ2) is 8.58. The molecule has 1 unspecified atom stereocenters. The molecule has 2 aromatic carbocycles. The minimum Gasteiger partial charge on any atom is -0.481 e. The third-order valence-corrected chi connectivity index (χ3v) is 5.53. The van der Waals surface area contributed by atoms with Gasteiger partial charge in [0.15, 0.2) is 0 Å². The number of benzene rings is 2. The van der Waals surface area contributed by atoms with E-state index in [4.69, 9.17) is 16.7 Å². The van der Waals surface area contributed by atoms with E-state index in [0.717, 1.165) is 15.5 Å². The number of anilines is 1.